The number of aromatic nitrogens is 2. The number of hydrogen-bond donors (Lipinski definition) is 4. The van der Waals surface area contributed by atoms with Gasteiger partial charge in [0.2, 0.25) is 11.8 Å². The van der Waals surface area contributed by atoms with Crippen molar-refractivity contribution in [1.29, 1.82) is 0 Å². The molecule has 2 amide bonds. The van der Waals surface area contributed by atoms with Crippen molar-refractivity contribution in [3.05, 3.63) is 45.3 Å². The van der Waals surface area contributed by atoms with Gasteiger partial charge in [-0.1, -0.05) is 13.3 Å². The number of aliphatic hydroxyl groups is 1. The van der Waals surface area contributed by atoms with Crippen molar-refractivity contribution in [1.82, 2.24) is 20.2 Å². The van der Waals surface area contributed by atoms with Crippen molar-refractivity contribution in [2.75, 3.05) is 13.1 Å². The Balaban J connectivity index is 1.82. The zero-order valence-electron chi connectivity index (χ0n) is 15.0. The van der Waals surface area contributed by atoms with Gasteiger partial charge in [0.1, 0.15) is 12.3 Å². The van der Waals surface area contributed by atoms with Crippen LogP contribution in [0.25, 0.3) is 0 Å². The second kappa shape index (κ2) is 9.83. The molecule has 0 spiro atoms. The molecule has 148 valence electrons. The van der Waals surface area contributed by atoms with Gasteiger partial charge in [0, 0.05) is 43.9 Å². The number of carbonyl (C=O) groups is 2. The van der Waals surface area contributed by atoms with Gasteiger partial charge in [-0.3, -0.25) is 23.9 Å². The molecule has 1 aromatic heterocycles. The number of ether oxygens (including phenoxy) is 1. The van der Waals surface area contributed by atoms with Crippen LogP contribution in [-0.4, -0.2) is 51.8 Å². The first-order chi connectivity index (χ1) is 12.9. The number of hydrogen-bond acceptors (Lipinski definition) is 6. The molecule has 1 aromatic rings. The second-order valence-electron chi connectivity index (χ2n) is 6.17. The van der Waals surface area contributed by atoms with Gasteiger partial charge in [-0.2, -0.15) is 0 Å². The smallest absolute Gasteiger partial charge is 0.330 e. The Bertz CT molecular complexity index is 799. The van der Waals surface area contributed by atoms with Crippen molar-refractivity contribution >= 4 is 11.8 Å². The molecule has 3 atom stereocenters. The van der Waals surface area contributed by atoms with Gasteiger partial charge in [0.05, 0.1) is 6.10 Å². The summed E-state index contributed by atoms with van der Waals surface area (Å²) in [6, 6.07) is 1.18. The first kappa shape index (κ1) is 20.6. The normalized spacial score (nSPS) is 22.1. The standard InChI is InChI=1S/C17H24N4O6/c1-2-3-7-18-13(23)4-5-14(24)19-10-12-11(22)9-16(27-12)21-8-6-15(25)20-17(21)26/h4-6,8,11-12,16,22H,2-3,7,9-10H2,1H3,(H,18,23)(H,19,24)(H,20,25,26)/b5-4+/t11-,12+,16+/m0/s1. The zero-order chi connectivity index (χ0) is 19.8. The lowest BCUT2D eigenvalue weighted by molar-refractivity contribution is -0.119. The molecule has 4 N–H and O–H groups in total. The fourth-order valence-corrected chi connectivity index (χ4v) is 2.58. The molecule has 0 bridgehead atoms. The van der Waals surface area contributed by atoms with Gasteiger partial charge in [-0.05, 0) is 6.42 Å². The molecule has 2 heterocycles. The molecule has 0 unspecified atom stereocenters. The summed E-state index contributed by atoms with van der Waals surface area (Å²) in [7, 11) is 0. The minimum atomic E-state index is -0.893. The van der Waals surface area contributed by atoms with E-state index in [1.54, 1.807) is 0 Å². The largest absolute Gasteiger partial charge is 0.390 e. The summed E-state index contributed by atoms with van der Waals surface area (Å²) in [6.45, 7) is 2.57. The monoisotopic (exact) mass is 380 g/mol. The van der Waals surface area contributed by atoms with E-state index in [1.807, 2.05) is 6.92 Å². The Labute approximate surface area is 155 Å². The van der Waals surface area contributed by atoms with Crippen LogP contribution in [0.15, 0.2) is 34.0 Å². The van der Waals surface area contributed by atoms with E-state index in [0.29, 0.717) is 6.54 Å². The number of aliphatic hydroxyl groups excluding tert-OH is 1. The SMILES string of the molecule is CCCCNC(=O)/C=C/C(=O)NC[C@H]1O[C@@H](n2ccc(=O)[nH]c2=O)C[C@@H]1O. The van der Waals surface area contributed by atoms with E-state index in [-0.39, 0.29) is 18.9 Å². The number of aromatic amines is 1. The van der Waals surface area contributed by atoms with Crippen molar-refractivity contribution in [2.24, 2.45) is 0 Å². The maximum absolute atomic E-state index is 11.8. The zero-order valence-corrected chi connectivity index (χ0v) is 15.0. The van der Waals surface area contributed by atoms with Crippen LogP contribution in [0.3, 0.4) is 0 Å². The predicted molar refractivity (Wildman–Crippen MR) is 95.9 cm³/mol. The summed E-state index contributed by atoms with van der Waals surface area (Å²) in [5, 5.41) is 15.3. The summed E-state index contributed by atoms with van der Waals surface area (Å²) in [5.74, 6) is -0.852. The van der Waals surface area contributed by atoms with E-state index >= 15 is 0 Å². The highest BCUT2D eigenvalue weighted by Crippen LogP contribution is 2.26. The van der Waals surface area contributed by atoms with Crippen LogP contribution in [-0.2, 0) is 14.3 Å². The van der Waals surface area contributed by atoms with Crippen molar-refractivity contribution in [3.8, 4) is 0 Å². The van der Waals surface area contributed by atoms with E-state index in [0.717, 1.165) is 25.0 Å². The van der Waals surface area contributed by atoms with Crippen LogP contribution < -0.4 is 21.9 Å². The average molecular weight is 380 g/mol. The lowest BCUT2D eigenvalue weighted by atomic mass is 10.2. The maximum Gasteiger partial charge on any atom is 0.330 e. The molecule has 0 aromatic carbocycles. The lowest BCUT2D eigenvalue weighted by Gasteiger charge is -2.16. The third-order valence-corrected chi connectivity index (χ3v) is 4.06. The first-order valence-electron chi connectivity index (χ1n) is 8.79. The molecule has 0 saturated carbocycles. The molecule has 0 radical (unpaired) electrons. The molecule has 1 fully saturated rings. The summed E-state index contributed by atoms with van der Waals surface area (Å²) in [4.78, 5) is 48.3. The Morgan fingerprint density at radius 3 is 2.70 bits per heavy atom. The van der Waals surface area contributed by atoms with Gasteiger partial charge >= 0.3 is 5.69 Å². The summed E-state index contributed by atoms with van der Waals surface area (Å²) >= 11 is 0. The Hall–Kier alpha value is -2.72. The van der Waals surface area contributed by atoms with Crippen molar-refractivity contribution in [2.45, 2.75) is 44.6 Å². The van der Waals surface area contributed by atoms with Crippen molar-refractivity contribution < 1.29 is 19.4 Å². The Kier molecular flexibility index (Phi) is 7.50. The van der Waals surface area contributed by atoms with Crippen LogP contribution >= 0.6 is 0 Å². The van der Waals surface area contributed by atoms with E-state index in [1.165, 1.54) is 16.8 Å². The van der Waals surface area contributed by atoms with Crippen LogP contribution in [0.4, 0.5) is 0 Å². The molecule has 1 aliphatic heterocycles. The van der Waals surface area contributed by atoms with Crippen LogP contribution in [0.5, 0.6) is 0 Å². The molecule has 10 nitrogen and oxygen atoms in total. The maximum atomic E-state index is 11.8. The minimum absolute atomic E-state index is 0.0103. The molecule has 2 rings (SSSR count). The quantitative estimate of drug-likeness (QED) is 0.329. The number of carbonyl (C=O) groups excluding carboxylic acids is 2. The number of nitrogens with zero attached hydrogens (tertiary/aromatic N) is 1. The second-order valence-corrected chi connectivity index (χ2v) is 6.17. The van der Waals surface area contributed by atoms with Crippen LogP contribution in [0.2, 0.25) is 0 Å². The Morgan fingerprint density at radius 1 is 1.33 bits per heavy atom. The summed E-state index contributed by atoms with van der Waals surface area (Å²) < 4.78 is 6.77. The van der Waals surface area contributed by atoms with Gasteiger partial charge in [0.25, 0.3) is 5.56 Å². The molecular weight excluding hydrogens is 356 g/mol. The van der Waals surface area contributed by atoms with Gasteiger partial charge in [0.15, 0.2) is 0 Å². The minimum Gasteiger partial charge on any atom is -0.390 e. The van der Waals surface area contributed by atoms with Crippen molar-refractivity contribution in [3.63, 3.8) is 0 Å². The predicted octanol–water partition coefficient (Wildman–Crippen LogP) is -1.23. The van der Waals surface area contributed by atoms with Gasteiger partial charge in [-0.15, -0.1) is 0 Å². The molecule has 1 aliphatic rings. The number of nitrogens with one attached hydrogen (secondary N) is 3. The number of H-pyrrole nitrogens is 1. The number of unbranched alkanes of at least 4 members (excludes halogenated alkanes) is 1. The van der Waals surface area contributed by atoms with Crippen LogP contribution in [0.1, 0.15) is 32.4 Å². The lowest BCUT2D eigenvalue weighted by Crippen LogP contribution is -2.36. The molecule has 1 saturated heterocycles. The molecule has 0 aliphatic carbocycles. The highest BCUT2D eigenvalue weighted by Gasteiger charge is 2.35. The van der Waals surface area contributed by atoms with E-state index in [9.17, 15) is 24.3 Å². The fraction of sp³-hybridized carbons (Fsp3) is 0.529. The van der Waals surface area contributed by atoms with Crippen LogP contribution in [0, 0.1) is 0 Å². The number of rotatable bonds is 8. The fourth-order valence-electron chi connectivity index (χ4n) is 2.58. The third-order valence-electron chi connectivity index (χ3n) is 4.06. The van der Waals surface area contributed by atoms with E-state index in [2.05, 4.69) is 15.6 Å². The molecular formula is C17H24N4O6. The first-order valence-corrected chi connectivity index (χ1v) is 8.79. The van der Waals surface area contributed by atoms with E-state index in [4.69, 9.17) is 4.74 Å². The summed E-state index contributed by atoms with van der Waals surface area (Å²) in [5.41, 5.74) is -1.16. The van der Waals surface area contributed by atoms with Gasteiger partial charge < -0.3 is 20.5 Å². The third kappa shape index (κ3) is 6.19. The molecule has 27 heavy (non-hydrogen) atoms. The highest BCUT2D eigenvalue weighted by molar-refractivity contribution is 5.96. The number of amides is 2. The van der Waals surface area contributed by atoms with E-state index < -0.39 is 35.6 Å². The average Bonchev–Trinajstić information content (AvgIpc) is 2.99. The summed E-state index contributed by atoms with van der Waals surface area (Å²) in [6.07, 6.45) is 3.14. The molecule has 10 heteroatoms. The highest BCUT2D eigenvalue weighted by atomic mass is 16.5. The topological polar surface area (TPSA) is 143 Å². The Morgan fingerprint density at radius 2 is 2.04 bits per heavy atom. The van der Waals surface area contributed by atoms with Gasteiger partial charge in [-0.25, -0.2) is 4.79 Å².